The van der Waals surface area contributed by atoms with E-state index in [2.05, 4.69) is 35.1 Å². The van der Waals surface area contributed by atoms with Crippen molar-refractivity contribution in [3.8, 4) is 0 Å². The van der Waals surface area contributed by atoms with Crippen LogP contribution in [-0.4, -0.2) is 12.5 Å². The summed E-state index contributed by atoms with van der Waals surface area (Å²) in [6.45, 7) is 5.03. The summed E-state index contributed by atoms with van der Waals surface area (Å²) in [7, 11) is 0. The Balaban J connectivity index is 2.41. The van der Waals surface area contributed by atoms with Crippen LogP contribution in [0.4, 0.5) is 0 Å². The molecule has 1 aromatic carbocycles. The first-order valence-electron chi connectivity index (χ1n) is 6.30. The second-order valence-corrected chi connectivity index (χ2v) is 6.16. The zero-order valence-corrected chi connectivity index (χ0v) is 12.4. The summed E-state index contributed by atoms with van der Waals surface area (Å²) in [4.78, 5) is 12.0. The lowest BCUT2D eigenvalue weighted by Gasteiger charge is -2.29. The van der Waals surface area contributed by atoms with E-state index in [4.69, 9.17) is 5.73 Å². The highest BCUT2D eigenvalue weighted by Crippen LogP contribution is 2.40. The highest BCUT2D eigenvalue weighted by molar-refractivity contribution is 9.10. The Morgan fingerprint density at radius 3 is 2.89 bits per heavy atom. The molecule has 3 N–H and O–H groups in total. The largest absolute Gasteiger partial charge is 0.368 e. The summed E-state index contributed by atoms with van der Waals surface area (Å²) in [5, 5.41) is 3.38. The number of rotatable bonds is 4. The summed E-state index contributed by atoms with van der Waals surface area (Å²) in [5.74, 6) is 0.206. The van der Waals surface area contributed by atoms with E-state index in [1.807, 2.05) is 18.2 Å². The van der Waals surface area contributed by atoms with Crippen molar-refractivity contribution in [1.82, 2.24) is 5.32 Å². The van der Waals surface area contributed by atoms with Gasteiger partial charge in [-0.15, -0.1) is 0 Å². The Hall–Kier alpha value is -0.870. The van der Waals surface area contributed by atoms with Crippen LogP contribution in [0, 0.1) is 5.92 Å². The minimum atomic E-state index is -0.691. The van der Waals surface area contributed by atoms with E-state index in [0.717, 1.165) is 29.4 Å². The number of fused-ring (bicyclic) bond motifs is 1. The molecular formula is C14H19BrN2O. The van der Waals surface area contributed by atoms with Crippen molar-refractivity contribution in [3.05, 3.63) is 33.8 Å². The zero-order chi connectivity index (χ0) is 13.3. The average molecular weight is 311 g/mol. The number of nitrogens with one attached hydrogen (secondary N) is 1. The summed E-state index contributed by atoms with van der Waals surface area (Å²) < 4.78 is 1.06. The number of primary amides is 1. The zero-order valence-electron chi connectivity index (χ0n) is 10.8. The quantitative estimate of drug-likeness (QED) is 0.896. The van der Waals surface area contributed by atoms with Gasteiger partial charge in [-0.25, -0.2) is 0 Å². The molecule has 3 nitrogen and oxygen atoms in total. The minimum Gasteiger partial charge on any atom is -0.368 e. The summed E-state index contributed by atoms with van der Waals surface area (Å²) in [5.41, 5.74) is 7.21. The van der Waals surface area contributed by atoms with Gasteiger partial charge in [0.1, 0.15) is 5.54 Å². The first kappa shape index (κ1) is 13.6. The van der Waals surface area contributed by atoms with Crippen LogP contribution < -0.4 is 11.1 Å². The van der Waals surface area contributed by atoms with E-state index in [9.17, 15) is 4.79 Å². The van der Waals surface area contributed by atoms with Crippen LogP contribution in [0.25, 0.3) is 0 Å². The monoisotopic (exact) mass is 310 g/mol. The first-order chi connectivity index (χ1) is 8.47. The lowest BCUT2D eigenvalue weighted by atomic mass is 9.90. The molecule has 2 rings (SSSR count). The van der Waals surface area contributed by atoms with Gasteiger partial charge >= 0.3 is 0 Å². The van der Waals surface area contributed by atoms with Crippen molar-refractivity contribution in [3.63, 3.8) is 0 Å². The van der Waals surface area contributed by atoms with Crippen LogP contribution in [0.5, 0.6) is 0 Å². The fourth-order valence-corrected chi connectivity index (χ4v) is 3.13. The number of hydrogen-bond acceptors (Lipinski definition) is 2. The topological polar surface area (TPSA) is 55.1 Å². The van der Waals surface area contributed by atoms with E-state index in [1.165, 1.54) is 5.56 Å². The smallest absolute Gasteiger partial charge is 0.242 e. The number of nitrogens with two attached hydrogens (primary N) is 1. The van der Waals surface area contributed by atoms with Crippen LogP contribution in [-0.2, 0) is 16.8 Å². The standard InChI is InChI=1S/C14H19BrN2O/c1-9(2)8-17-14(13(16)18)7-6-10-11(14)4-3-5-12(10)15/h3-5,9,17H,6-8H2,1-2H3,(H2,16,18). The fraction of sp³-hybridized carbons (Fsp3) is 0.500. The van der Waals surface area contributed by atoms with Gasteiger partial charge in [-0.05, 0) is 42.5 Å². The Bertz CT molecular complexity index is 473. The maximum atomic E-state index is 12.0. The second-order valence-electron chi connectivity index (χ2n) is 5.31. The van der Waals surface area contributed by atoms with Gasteiger partial charge in [0.15, 0.2) is 0 Å². The van der Waals surface area contributed by atoms with Crippen LogP contribution in [0.15, 0.2) is 22.7 Å². The van der Waals surface area contributed by atoms with Crippen molar-refractivity contribution in [1.29, 1.82) is 0 Å². The van der Waals surface area contributed by atoms with Crippen LogP contribution in [0.1, 0.15) is 31.4 Å². The molecule has 0 aliphatic heterocycles. The third kappa shape index (κ3) is 2.19. The van der Waals surface area contributed by atoms with Gasteiger partial charge in [0.25, 0.3) is 0 Å². The fourth-order valence-electron chi connectivity index (χ4n) is 2.56. The lowest BCUT2D eigenvalue weighted by Crippen LogP contribution is -2.52. The normalized spacial score (nSPS) is 22.2. The molecule has 0 bridgehead atoms. The van der Waals surface area contributed by atoms with E-state index in [-0.39, 0.29) is 5.91 Å². The first-order valence-corrected chi connectivity index (χ1v) is 7.09. The molecular weight excluding hydrogens is 292 g/mol. The molecule has 1 aliphatic carbocycles. The van der Waals surface area contributed by atoms with Crippen LogP contribution in [0.2, 0.25) is 0 Å². The molecule has 0 saturated heterocycles. The molecule has 1 aliphatic rings. The molecule has 0 saturated carbocycles. The lowest BCUT2D eigenvalue weighted by molar-refractivity contribution is -0.124. The maximum absolute atomic E-state index is 12.0. The van der Waals surface area contributed by atoms with E-state index in [1.54, 1.807) is 0 Å². The Kier molecular flexibility index (Phi) is 3.78. The Morgan fingerprint density at radius 2 is 2.28 bits per heavy atom. The van der Waals surface area contributed by atoms with Crippen LogP contribution in [0.3, 0.4) is 0 Å². The number of carbonyl (C=O) groups excluding carboxylic acids is 1. The predicted molar refractivity (Wildman–Crippen MR) is 76.2 cm³/mol. The van der Waals surface area contributed by atoms with Gasteiger partial charge in [-0.3, -0.25) is 10.1 Å². The van der Waals surface area contributed by atoms with Crippen molar-refractivity contribution in [2.45, 2.75) is 32.2 Å². The number of benzene rings is 1. The van der Waals surface area contributed by atoms with E-state index >= 15 is 0 Å². The number of carbonyl (C=O) groups is 1. The van der Waals surface area contributed by atoms with Gasteiger partial charge in [-0.2, -0.15) is 0 Å². The number of hydrogen-bond donors (Lipinski definition) is 2. The highest BCUT2D eigenvalue weighted by atomic mass is 79.9. The molecule has 1 unspecified atom stereocenters. The van der Waals surface area contributed by atoms with Crippen molar-refractivity contribution >= 4 is 21.8 Å². The summed E-state index contributed by atoms with van der Waals surface area (Å²) >= 11 is 3.55. The minimum absolute atomic E-state index is 0.278. The molecule has 0 fully saturated rings. The Labute approximate surface area is 116 Å². The summed E-state index contributed by atoms with van der Waals surface area (Å²) in [6.07, 6.45) is 1.62. The molecule has 98 valence electrons. The van der Waals surface area contributed by atoms with Crippen molar-refractivity contribution in [2.75, 3.05) is 6.54 Å². The van der Waals surface area contributed by atoms with Crippen molar-refractivity contribution in [2.24, 2.45) is 11.7 Å². The molecule has 0 aromatic heterocycles. The molecule has 0 radical (unpaired) electrons. The predicted octanol–water partition coefficient (Wildman–Crippen LogP) is 2.32. The number of halogens is 1. The molecule has 1 amide bonds. The molecule has 1 aromatic rings. The van der Waals surface area contributed by atoms with Gasteiger partial charge in [-0.1, -0.05) is 41.9 Å². The van der Waals surface area contributed by atoms with Crippen molar-refractivity contribution < 1.29 is 4.79 Å². The maximum Gasteiger partial charge on any atom is 0.242 e. The van der Waals surface area contributed by atoms with E-state index < -0.39 is 5.54 Å². The summed E-state index contributed by atoms with van der Waals surface area (Å²) in [6, 6.07) is 5.98. The second kappa shape index (κ2) is 5.02. The van der Waals surface area contributed by atoms with Gasteiger partial charge in [0, 0.05) is 4.47 Å². The van der Waals surface area contributed by atoms with Gasteiger partial charge < -0.3 is 5.73 Å². The van der Waals surface area contributed by atoms with E-state index in [0.29, 0.717) is 5.92 Å². The van der Waals surface area contributed by atoms with Crippen LogP contribution >= 0.6 is 15.9 Å². The molecule has 0 heterocycles. The third-order valence-corrected chi connectivity index (χ3v) is 4.30. The third-order valence-electron chi connectivity index (χ3n) is 3.56. The van der Waals surface area contributed by atoms with Gasteiger partial charge in [0.05, 0.1) is 0 Å². The van der Waals surface area contributed by atoms with Gasteiger partial charge in [0.2, 0.25) is 5.91 Å². The molecule has 4 heteroatoms. The Morgan fingerprint density at radius 1 is 1.56 bits per heavy atom. The molecule has 0 spiro atoms. The highest BCUT2D eigenvalue weighted by Gasteiger charge is 2.44. The number of amides is 1. The average Bonchev–Trinajstić information content (AvgIpc) is 2.68. The molecule has 18 heavy (non-hydrogen) atoms. The SMILES string of the molecule is CC(C)CNC1(C(N)=O)CCc2c(Br)cccc21. The molecule has 1 atom stereocenters.